The van der Waals surface area contributed by atoms with Crippen LogP contribution in [0.5, 0.6) is 0 Å². The van der Waals surface area contributed by atoms with Crippen molar-refractivity contribution in [2.24, 2.45) is 0 Å². The van der Waals surface area contributed by atoms with Gasteiger partial charge < -0.3 is 5.32 Å². The average Bonchev–Trinajstić information content (AvgIpc) is 2.91. The predicted molar refractivity (Wildman–Crippen MR) is 89.7 cm³/mol. The molecular formula is C15H14ClNO2S2. The molecule has 1 aromatic carbocycles. The van der Waals surface area contributed by atoms with E-state index in [2.05, 4.69) is 5.32 Å². The number of hydrogen-bond acceptors (Lipinski definition) is 4. The van der Waals surface area contributed by atoms with Gasteiger partial charge in [-0.05, 0) is 36.6 Å². The van der Waals surface area contributed by atoms with Gasteiger partial charge in [-0.15, -0.1) is 23.1 Å². The number of anilines is 1. The highest BCUT2D eigenvalue weighted by atomic mass is 35.5. The number of Topliss-reactive ketones (excluding diaryl/α,β-unsaturated/α-hetero) is 1. The van der Waals surface area contributed by atoms with Gasteiger partial charge in [0.1, 0.15) is 0 Å². The van der Waals surface area contributed by atoms with Gasteiger partial charge in [0.05, 0.1) is 9.21 Å². The van der Waals surface area contributed by atoms with Gasteiger partial charge >= 0.3 is 0 Å². The van der Waals surface area contributed by atoms with Gasteiger partial charge in [0, 0.05) is 23.4 Å². The molecule has 2 rings (SSSR count). The minimum atomic E-state index is -0.163. The highest BCUT2D eigenvalue weighted by molar-refractivity contribution is 7.98. The Kier molecular flexibility index (Phi) is 5.85. The summed E-state index contributed by atoms with van der Waals surface area (Å²) in [4.78, 5) is 25.4. The van der Waals surface area contributed by atoms with E-state index < -0.39 is 0 Å². The molecule has 1 aromatic heterocycles. The van der Waals surface area contributed by atoms with E-state index in [1.54, 1.807) is 23.9 Å². The van der Waals surface area contributed by atoms with E-state index in [0.717, 1.165) is 10.6 Å². The van der Waals surface area contributed by atoms with Crippen molar-refractivity contribution >= 4 is 52.1 Å². The second kappa shape index (κ2) is 7.64. The molecule has 1 amide bonds. The molecule has 0 aliphatic rings. The third-order valence-electron chi connectivity index (χ3n) is 2.78. The molecule has 0 atom stereocenters. The summed E-state index contributed by atoms with van der Waals surface area (Å²) in [6.07, 6.45) is 2.33. The zero-order chi connectivity index (χ0) is 15.2. The summed E-state index contributed by atoms with van der Waals surface area (Å²) in [5, 5.41) is 2.80. The topological polar surface area (TPSA) is 46.2 Å². The zero-order valence-electron chi connectivity index (χ0n) is 11.4. The predicted octanol–water partition coefficient (Wildman–Crippen LogP) is 4.73. The van der Waals surface area contributed by atoms with Crippen molar-refractivity contribution in [2.45, 2.75) is 17.7 Å². The largest absolute Gasteiger partial charge is 0.326 e. The summed E-state index contributed by atoms with van der Waals surface area (Å²) in [5.74, 6) is -0.218. The van der Waals surface area contributed by atoms with E-state index in [9.17, 15) is 9.59 Å². The maximum absolute atomic E-state index is 11.9. The summed E-state index contributed by atoms with van der Waals surface area (Å²) in [5.41, 5.74) is 0.749. The van der Waals surface area contributed by atoms with Crippen molar-refractivity contribution in [1.29, 1.82) is 0 Å². The average molecular weight is 340 g/mol. The van der Waals surface area contributed by atoms with Gasteiger partial charge in [-0.1, -0.05) is 17.7 Å². The Morgan fingerprint density at radius 3 is 2.71 bits per heavy atom. The van der Waals surface area contributed by atoms with Crippen molar-refractivity contribution in [2.75, 3.05) is 11.6 Å². The lowest BCUT2D eigenvalue weighted by Gasteiger charge is -2.06. The van der Waals surface area contributed by atoms with Gasteiger partial charge in [0.2, 0.25) is 5.91 Å². The Balaban J connectivity index is 1.85. The van der Waals surface area contributed by atoms with E-state index in [1.807, 2.05) is 30.5 Å². The minimum Gasteiger partial charge on any atom is -0.326 e. The molecule has 0 aliphatic heterocycles. The van der Waals surface area contributed by atoms with Crippen LogP contribution in [-0.2, 0) is 4.79 Å². The number of thioether (sulfide) groups is 1. The van der Waals surface area contributed by atoms with Crippen molar-refractivity contribution in [3.05, 3.63) is 45.6 Å². The number of carbonyl (C=O) groups excluding carboxylic acids is 2. The molecular weight excluding hydrogens is 326 g/mol. The van der Waals surface area contributed by atoms with Crippen LogP contribution in [0.25, 0.3) is 0 Å². The Morgan fingerprint density at radius 1 is 1.24 bits per heavy atom. The summed E-state index contributed by atoms with van der Waals surface area (Å²) >= 11 is 8.64. The number of ketones is 1. The fraction of sp³-hybridized carbons (Fsp3) is 0.200. The standard InChI is InChI=1S/C15H14ClNO2S2/c1-20-11-4-2-3-10(9-11)17-15(19)8-5-12(18)13-6-7-14(16)21-13/h2-4,6-7,9H,5,8H2,1H3,(H,17,19). The normalized spacial score (nSPS) is 10.4. The summed E-state index contributed by atoms with van der Waals surface area (Å²) in [6.45, 7) is 0. The molecule has 6 heteroatoms. The van der Waals surface area contributed by atoms with Crippen LogP contribution in [0.1, 0.15) is 22.5 Å². The van der Waals surface area contributed by atoms with Crippen LogP contribution in [0.3, 0.4) is 0 Å². The lowest BCUT2D eigenvalue weighted by molar-refractivity contribution is -0.116. The van der Waals surface area contributed by atoms with Crippen LogP contribution in [0, 0.1) is 0 Å². The van der Waals surface area contributed by atoms with Gasteiger partial charge in [-0.2, -0.15) is 0 Å². The van der Waals surface area contributed by atoms with Crippen LogP contribution in [0.4, 0.5) is 5.69 Å². The summed E-state index contributed by atoms with van der Waals surface area (Å²) in [7, 11) is 0. The van der Waals surface area contributed by atoms with Crippen molar-refractivity contribution in [3.63, 3.8) is 0 Å². The molecule has 3 nitrogen and oxygen atoms in total. The molecule has 0 saturated heterocycles. The maximum Gasteiger partial charge on any atom is 0.224 e. The molecule has 2 aromatic rings. The molecule has 110 valence electrons. The molecule has 0 spiro atoms. The van der Waals surface area contributed by atoms with Crippen LogP contribution < -0.4 is 5.32 Å². The zero-order valence-corrected chi connectivity index (χ0v) is 13.8. The fourth-order valence-electron chi connectivity index (χ4n) is 1.74. The Morgan fingerprint density at radius 2 is 2.05 bits per heavy atom. The Labute approximate surface area is 136 Å². The van der Waals surface area contributed by atoms with Gasteiger partial charge in [0.15, 0.2) is 5.78 Å². The van der Waals surface area contributed by atoms with Crippen molar-refractivity contribution in [1.82, 2.24) is 0 Å². The number of thiophene rings is 1. The first kappa shape index (κ1) is 16.1. The van der Waals surface area contributed by atoms with Crippen LogP contribution in [0.2, 0.25) is 4.34 Å². The summed E-state index contributed by atoms with van der Waals surface area (Å²) < 4.78 is 0.580. The quantitative estimate of drug-likeness (QED) is 0.611. The SMILES string of the molecule is CSc1cccc(NC(=O)CCC(=O)c2ccc(Cl)s2)c1. The number of rotatable bonds is 6. The number of benzene rings is 1. The number of halogens is 1. The van der Waals surface area contributed by atoms with Gasteiger partial charge in [-0.25, -0.2) is 0 Å². The minimum absolute atomic E-state index is 0.0556. The molecule has 21 heavy (non-hydrogen) atoms. The van der Waals surface area contributed by atoms with E-state index in [1.165, 1.54) is 11.3 Å². The smallest absolute Gasteiger partial charge is 0.224 e. The Bertz CT molecular complexity index is 655. The molecule has 0 unspecified atom stereocenters. The number of amides is 1. The van der Waals surface area contributed by atoms with Crippen LogP contribution in [0.15, 0.2) is 41.3 Å². The van der Waals surface area contributed by atoms with Crippen LogP contribution in [-0.4, -0.2) is 17.9 Å². The number of hydrogen-bond donors (Lipinski definition) is 1. The van der Waals surface area contributed by atoms with Gasteiger partial charge in [-0.3, -0.25) is 9.59 Å². The second-order valence-electron chi connectivity index (χ2n) is 4.31. The van der Waals surface area contributed by atoms with E-state index in [0.29, 0.717) is 9.21 Å². The highest BCUT2D eigenvalue weighted by Crippen LogP contribution is 2.23. The molecule has 0 fully saturated rings. The molecule has 0 aliphatic carbocycles. The van der Waals surface area contributed by atoms with Crippen LogP contribution >= 0.6 is 34.7 Å². The monoisotopic (exact) mass is 339 g/mol. The summed E-state index contributed by atoms with van der Waals surface area (Å²) in [6, 6.07) is 11.0. The van der Waals surface area contributed by atoms with E-state index >= 15 is 0 Å². The van der Waals surface area contributed by atoms with Gasteiger partial charge in [0.25, 0.3) is 0 Å². The fourth-order valence-corrected chi connectivity index (χ4v) is 3.21. The number of carbonyl (C=O) groups is 2. The number of nitrogens with one attached hydrogen (secondary N) is 1. The van der Waals surface area contributed by atoms with Crippen molar-refractivity contribution < 1.29 is 9.59 Å². The molecule has 1 heterocycles. The third kappa shape index (κ3) is 4.88. The lowest BCUT2D eigenvalue weighted by Crippen LogP contribution is -2.13. The molecule has 0 saturated carbocycles. The Hall–Kier alpha value is -1.30. The third-order valence-corrected chi connectivity index (χ3v) is 4.78. The molecule has 0 bridgehead atoms. The highest BCUT2D eigenvalue weighted by Gasteiger charge is 2.11. The van der Waals surface area contributed by atoms with E-state index in [-0.39, 0.29) is 24.5 Å². The maximum atomic E-state index is 11.9. The molecule has 0 radical (unpaired) electrons. The molecule has 1 N–H and O–H groups in total. The lowest BCUT2D eigenvalue weighted by atomic mass is 10.2. The first-order valence-electron chi connectivity index (χ1n) is 6.31. The van der Waals surface area contributed by atoms with E-state index in [4.69, 9.17) is 11.6 Å². The second-order valence-corrected chi connectivity index (χ2v) is 6.90. The van der Waals surface area contributed by atoms with Crippen molar-refractivity contribution in [3.8, 4) is 0 Å². The first-order chi connectivity index (χ1) is 10.1. The first-order valence-corrected chi connectivity index (χ1v) is 8.73.